The van der Waals surface area contributed by atoms with Crippen LogP contribution in [0.2, 0.25) is 0 Å². The molecule has 0 aromatic carbocycles. The van der Waals surface area contributed by atoms with E-state index in [1.54, 1.807) is 6.92 Å². The highest BCUT2D eigenvalue weighted by atomic mass is 16.6. The highest BCUT2D eigenvalue weighted by Gasteiger charge is 2.13. The monoisotopic (exact) mass is 287 g/mol. The van der Waals surface area contributed by atoms with Crippen LogP contribution in [0, 0.1) is 0 Å². The third kappa shape index (κ3) is 11.0. The Balaban J connectivity index is 3.89. The zero-order valence-electron chi connectivity index (χ0n) is 13.3. The Morgan fingerprint density at radius 3 is 2.50 bits per heavy atom. The largest absolute Gasteiger partial charge is 0.459 e. The molecule has 118 valence electrons. The number of hydrogen-bond acceptors (Lipinski definition) is 5. The molecule has 0 radical (unpaired) electrons. The van der Waals surface area contributed by atoms with Crippen molar-refractivity contribution in [1.82, 2.24) is 4.90 Å². The number of esters is 1. The van der Waals surface area contributed by atoms with Gasteiger partial charge in [-0.3, -0.25) is 0 Å². The summed E-state index contributed by atoms with van der Waals surface area (Å²) in [5.74, 6) is -0.386. The maximum absolute atomic E-state index is 11.3. The Morgan fingerprint density at radius 1 is 1.25 bits per heavy atom. The molecule has 0 aromatic rings. The molecule has 0 saturated heterocycles. The lowest BCUT2D eigenvalue weighted by atomic mass is 10.3. The van der Waals surface area contributed by atoms with Crippen LogP contribution in [0.15, 0.2) is 12.2 Å². The lowest BCUT2D eigenvalue weighted by Gasteiger charge is -2.18. The molecule has 5 heteroatoms. The first-order valence-electron chi connectivity index (χ1n) is 7.14. The SMILES string of the molecule is C=C(C)C(=O)OCC(COCCCN(C)C)OCCC. The molecule has 0 fully saturated rings. The lowest BCUT2D eigenvalue weighted by molar-refractivity contribution is -0.145. The van der Waals surface area contributed by atoms with Gasteiger partial charge >= 0.3 is 5.97 Å². The van der Waals surface area contributed by atoms with Gasteiger partial charge in [0.2, 0.25) is 0 Å². The second-order valence-corrected chi connectivity index (χ2v) is 5.10. The molecule has 0 aliphatic rings. The molecule has 0 rings (SSSR count). The highest BCUT2D eigenvalue weighted by molar-refractivity contribution is 5.86. The van der Waals surface area contributed by atoms with Crippen LogP contribution in [0.25, 0.3) is 0 Å². The fourth-order valence-electron chi connectivity index (χ4n) is 1.42. The van der Waals surface area contributed by atoms with Gasteiger partial charge in [-0.25, -0.2) is 4.79 Å². The van der Waals surface area contributed by atoms with E-state index in [1.165, 1.54) is 0 Å². The smallest absolute Gasteiger partial charge is 0.333 e. The van der Waals surface area contributed by atoms with Crippen LogP contribution in [-0.2, 0) is 19.0 Å². The summed E-state index contributed by atoms with van der Waals surface area (Å²) in [7, 11) is 4.06. The summed E-state index contributed by atoms with van der Waals surface area (Å²) in [5.41, 5.74) is 0.395. The molecule has 5 nitrogen and oxygen atoms in total. The highest BCUT2D eigenvalue weighted by Crippen LogP contribution is 2.00. The third-order valence-electron chi connectivity index (χ3n) is 2.50. The predicted molar refractivity (Wildman–Crippen MR) is 79.8 cm³/mol. The standard InChI is InChI=1S/C15H29NO4/c1-6-9-19-14(12-20-15(17)13(2)3)11-18-10-7-8-16(4)5/h14H,2,6-12H2,1,3-5H3. The van der Waals surface area contributed by atoms with E-state index in [1.807, 2.05) is 21.0 Å². The molecule has 0 N–H and O–H groups in total. The molecule has 0 saturated carbocycles. The Bertz CT molecular complexity index is 279. The molecular weight excluding hydrogens is 258 g/mol. The van der Waals surface area contributed by atoms with E-state index >= 15 is 0 Å². The number of carbonyl (C=O) groups excluding carboxylic acids is 1. The van der Waals surface area contributed by atoms with Gasteiger partial charge < -0.3 is 19.1 Å². The topological polar surface area (TPSA) is 48.0 Å². The van der Waals surface area contributed by atoms with Gasteiger partial charge in [-0.15, -0.1) is 0 Å². The maximum Gasteiger partial charge on any atom is 0.333 e. The minimum Gasteiger partial charge on any atom is -0.459 e. The number of carbonyl (C=O) groups is 1. The van der Waals surface area contributed by atoms with Crippen molar-refractivity contribution in [1.29, 1.82) is 0 Å². The molecule has 20 heavy (non-hydrogen) atoms. The van der Waals surface area contributed by atoms with Gasteiger partial charge in [0.25, 0.3) is 0 Å². The van der Waals surface area contributed by atoms with E-state index in [-0.39, 0.29) is 18.7 Å². The van der Waals surface area contributed by atoms with Crippen LogP contribution < -0.4 is 0 Å². The van der Waals surface area contributed by atoms with Gasteiger partial charge in [0.1, 0.15) is 12.7 Å². The van der Waals surface area contributed by atoms with Crippen LogP contribution >= 0.6 is 0 Å². The quantitative estimate of drug-likeness (QED) is 0.311. The molecule has 0 aromatic heterocycles. The van der Waals surface area contributed by atoms with Gasteiger partial charge in [-0.05, 0) is 40.4 Å². The van der Waals surface area contributed by atoms with E-state index in [4.69, 9.17) is 14.2 Å². The van der Waals surface area contributed by atoms with Crippen molar-refractivity contribution in [3.63, 3.8) is 0 Å². The van der Waals surface area contributed by atoms with Crippen LogP contribution in [0.3, 0.4) is 0 Å². The molecule has 0 heterocycles. The predicted octanol–water partition coefficient (Wildman–Crippen LogP) is 1.87. The molecule has 1 atom stereocenters. The van der Waals surface area contributed by atoms with Gasteiger partial charge in [-0.1, -0.05) is 13.5 Å². The molecule has 0 amide bonds. The molecule has 1 unspecified atom stereocenters. The maximum atomic E-state index is 11.3. The first kappa shape index (κ1) is 19.1. The summed E-state index contributed by atoms with van der Waals surface area (Å²) < 4.78 is 16.3. The summed E-state index contributed by atoms with van der Waals surface area (Å²) in [6.07, 6.45) is 1.68. The van der Waals surface area contributed by atoms with Gasteiger partial charge in [0.05, 0.1) is 6.61 Å². The molecular formula is C15H29NO4. The first-order chi connectivity index (χ1) is 9.47. The second kappa shape index (κ2) is 11.9. The fourth-order valence-corrected chi connectivity index (χ4v) is 1.42. The van der Waals surface area contributed by atoms with E-state index in [0.717, 1.165) is 19.4 Å². The van der Waals surface area contributed by atoms with Gasteiger partial charge in [0, 0.05) is 18.8 Å². The number of hydrogen-bond donors (Lipinski definition) is 0. The van der Waals surface area contributed by atoms with Crippen molar-refractivity contribution in [2.45, 2.75) is 32.8 Å². The van der Waals surface area contributed by atoms with Crippen molar-refractivity contribution in [3.05, 3.63) is 12.2 Å². The summed E-state index contributed by atoms with van der Waals surface area (Å²) in [6.45, 7) is 10.2. The minimum absolute atomic E-state index is 0.208. The van der Waals surface area contributed by atoms with E-state index in [9.17, 15) is 4.79 Å². The van der Waals surface area contributed by atoms with Crippen molar-refractivity contribution < 1.29 is 19.0 Å². The average molecular weight is 287 g/mol. The van der Waals surface area contributed by atoms with Crippen molar-refractivity contribution in [2.24, 2.45) is 0 Å². The summed E-state index contributed by atoms with van der Waals surface area (Å²) in [6, 6.07) is 0. The Kier molecular flexibility index (Phi) is 11.3. The Hall–Kier alpha value is -0.910. The zero-order valence-corrected chi connectivity index (χ0v) is 13.3. The normalized spacial score (nSPS) is 12.4. The number of ether oxygens (including phenoxy) is 3. The zero-order chi connectivity index (χ0) is 15.4. The first-order valence-corrected chi connectivity index (χ1v) is 7.14. The third-order valence-corrected chi connectivity index (χ3v) is 2.50. The summed E-state index contributed by atoms with van der Waals surface area (Å²) in [4.78, 5) is 13.5. The van der Waals surface area contributed by atoms with Crippen LogP contribution in [0.4, 0.5) is 0 Å². The van der Waals surface area contributed by atoms with Gasteiger partial charge in [-0.2, -0.15) is 0 Å². The molecule has 0 aliphatic carbocycles. The van der Waals surface area contributed by atoms with E-state index < -0.39 is 0 Å². The Morgan fingerprint density at radius 2 is 1.95 bits per heavy atom. The molecule has 0 bridgehead atoms. The lowest BCUT2D eigenvalue weighted by Crippen LogP contribution is -2.28. The fraction of sp³-hybridized carbons (Fsp3) is 0.800. The van der Waals surface area contributed by atoms with E-state index in [0.29, 0.717) is 25.4 Å². The van der Waals surface area contributed by atoms with Crippen molar-refractivity contribution in [3.8, 4) is 0 Å². The van der Waals surface area contributed by atoms with Gasteiger partial charge in [0.15, 0.2) is 0 Å². The molecule has 0 aliphatic heterocycles. The average Bonchev–Trinajstić information content (AvgIpc) is 2.39. The van der Waals surface area contributed by atoms with E-state index in [2.05, 4.69) is 11.5 Å². The molecule has 0 spiro atoms. The minimum atomic E-state index is -0.386. The van der Waals surface area contributed by atoms with Crippen molar-refractivity contribution >= 4 is 5.97 Å². The van der Waals surface area contributed by atoms with Crippen LogP contribution in [0.5, 0.6) is 0 Å². The number of rotatable bonds is 12. The van der Waals surface area contributed by atoms with Crippen molar-refractivity contribution in [2.75, 3.05) is 47.1 Å². The Labute approximate surface area is 122 Å². The van der Waals surface area contributed by atoms with Crippen LogP contribution in [0.1, 0.15) is 26.7 Å². The summed E-state index contributed by atoms with van der Waals surface area (Å²) >= 11 is 0. The van der Waals surface area contributed by atoms with Crippen LogP contribution in [-0.4, -0.2) is 64.0 Å². The number of nitrogens with zero attached hydrogens (tertiary/aromatic N) is 1. The summed E-state index contributed by atoms with van der Waals surface area (Å²) in [5, 5.41) is 0. The second-order valence-electron chi connectivity index (χ2n) is 5.10.